The zero-order chi connectivity index (χ0) is 22.2. The highest BCUT2D eigenvalue weighted by Crippen LogP contribution is 2.49. The van der Waals surface area contributed by atoms with Crippen LogP contribution in [0.3, 0.4) is 0 Å². The number of fused-ring (bicyclic) bond motifs is 2. The standard InChI is InChI=1S/C23H25ClN2O4S/c1-31(29,30)19-4-2-3-16(11-19)23(28)26-21-8-7-18(13-20(21)24)25-22(27)12-17-10-14-5-6-15(17)9-14/h2-4,7-8,11,13-15,17H,5-6,9-10,12H2,1H3,(H,25,27)(H,26,28). The van der Waals surface area contributed by atoms with Gasteiger partial charge in [-0.05, 0) is 73.4 Å². The van der Waals surface area contributed by atoms with Gasteiger partial charge in [0.1, 0.15) is 0 Å². The number of halogens is 1. The molecule has 2 aromatic rings. The molecule has 0 radical (unpaired) electrons. The highest BCUT2D eigenvalue weighted by atomic mass is 35.5. The minimum absolute atomic E-state index is 0.0111. The van der Waals surface area contributed by atoms with Crippen molar-refractivity contribution < 1.29 is 18.0 Å². The molecule has 2 aromatic carbocycles. The van der Waals surface area contributed by atoms with Crippen LogP contribution >= 0.6 is 11.6 Å². The number of amides is 2. The van der Waals surface area contributed by atoms with Gasteiger partial charge in [0.2, 0.25) is 5.91 Å². The molecule has 2 fully saturated rings. The number of carbonyl (C=O) groups is 2. The van der Waals surface area contributed by atoms with E-state index in [1.165, 1.54) is 43.5 Å². The number of anilines is 2. The van der Waals surface area contributed by atoms with Gasteiger partial charge in [-0.1, -0.05) is 24.1 Å². The molecule has 0 saturated heterocycles. The van der Waals surface area contributed by atoms with Crippen LogP contribution in [0.2, 0.25) is 5.02 Å². The first-order chi connectivity index (χ1) is 14.7. The van der Waals surface area contributed by atoms with Gasteiger partial charge < -0.3 is 10.6 Å². The number of rotatable bonds is 6. The molecule has 0 heterocycles. The zero-order valence-corrected chi connectivity index (χ0v) is 18.8. The first kappa shape index (κ1) is 21.8. The molecule has 31 heavy (non-hydrogen) atoms. The Morgan fingerprint density at radius 2 is 1.87 bits per heavy atom. The Kier molecular flexibility index (Phi) is 6.08. The van der Waals surface area contributed by atoms with Gasteiger partial charge in [-0.2, -0.15) is 0 Å². The number of carbonyl (C=O) groups excluding carboxylic acids is 2. The third-order valence-electron chi connectivity index (χ3n) is 6.36. The summed E-state index contributed by atoms with van der Waals surface area (Å²) in [7, 11) is -3.42. The number of sulfone groups is 1. The first-order valence-electron chi connectivity index (χ1n) is 10.4. The Morgan fingerprint density at radius 3 is 2.52 bits per heavy atom. The molecule has 2 N–H and O–H groups in total. The van der Waals surface area contributed by atoms with Crippen molar-refractivity contribution in [2.45, 2.75) is 37.0 Å². The average Bonchev–Trinajstić information content (AvgIpc) is 3.32. The highest BCUT2D eigenvalue weighted by molar-refractivity contribution is 7.90. The summed E-state index contributed by atoms with van der Waals surface area (Å²) < 4.78 is 23.4. The second-order valence-corrected chi connectivity index (χ2v) is 11.1. The maximum atomic E-state index is 12.5. The largest absolute Gasteiger partial charge is 0.326 e. The van der Waals surface area contributed by atoms with Crippen molar-refractivity contribution in [2.24, 2.45) is 17.8 Å². The van der Waals surface area contributed by atoms with Crippen LogP contribution in [0.5, 0.6) is 0 Å². The van der Waals surface area contributed by atoms with E-state index in [9.17, 15) is 18.0 Å². The second kappa shape index (κ2) is 8.63. The summed E-state index contributed by atoms with van der Waals surface area (Å²) in [4.78, 5) is 25.0. The number of benzene rings is 2. The molecule has 2 amide bonds. The Hall–Kier alpha value is -2.38. The molecule has 4 rings (SSSR count). The molecule has 6 nitrogen and oxygen atoms in total. The summed E-state index contributed by atoms with van der Waals surface area (Å²) in [5, 5.41) is 5.87. The fourth-order valence-electron chi connectivity index (χ4n) is 4.83. The van der Waals surface area contributed by atoms with Crippen molar-refractivity contribution in [1.82, 2.24) is 0 Å². The minimum Gasteiger partial charge on any atom is -0.326 e. The summed E-state index contributed by atoms with van der Waals surface area (Å²) in [6.07, 6.45) is 6.61. The molecule has 0 spiro atoms. The maximum Gasteiger partial charge on any atom is 0.255 e. The van der Waals surface area contributed by atoms with E-state index < -0.39 is 15.7 Å². The molecule has 2 aliphatic rings. The van der Waals surface area contributed by atoms with Gasteiger partial charge in [-0.15, -0.1) is 0 Å². The van der Waals surface area contributed by atoms with Gasteiger partial charge in [0.25, 0.3) is 5.91 Å². The van der Waals surface area contributed by atoms with Crippen LogP contribution in [-0.4, -0.2) is 26.5 Å². The van der Waals surface area contributed by atoms with E-state index in [1.807, 2.05) is 0 Å². The molecule has 2 saturated carbocycles. The number of hydrogen-bond donors (Lipinski definition) is 2. The lowest BCUT2D eigenvalue weighted by atomic mass is 9.86. The SMILES string of the molecule is CS(=O)(=O)c1cccc(C(=O)Nc2ccc(NC(=O)CC3CC4CCC3C4)cc2Cl)c1. The third kappa shape index (κ3) is 5.10. The summed E-state index contributed by atoms with van der Waals surface area (Å²) in [6, 6.07) is 10.7. The smallest absolute Gasteiger partial charge is 0.255 e. The lowest BCUT2D eigenvalue weighted by molar-refractivity contribution is -0.117. The third-order valence-corrected chi connectivity index (χ3v) is 7.78. The molecular formula is C23H25ClN2O4S. The molecular weight excluding hydrogens is 436 g/mol. The van der Waals surface area contributed by atoms with Crippen molar-refractivity contribution in [1.29, 1.82) is 0 Å². The van der Waals surface area contributed by atoms with Crippen LogP contribution in [0, 0.1) is 17.8 Å². The van der Waals surface area contributed by atoms with E-state index in [-0.39, 0.29) is 21.4 Å². The highest BCUT2D eigenvalue weighted by Gasteiger charge is 2.40. The van der Waals surface area contributed by atoms with E-state index >= 15 is 0 Å². The Balaban J connectivity index is 1.38. The van der Waals surface area contributed by atoms with Crippen LogP contribution in [0.1, 0.15) is 42.5 Å². The summed E-state index contributed by atoms with van der Waals surface area (Å²) in [6.45, 7) is 0. The van der Waals surface area contributed by atoms with Crippen LogP contribution in [0.15, 0.2) is 47.4 Å². The second-order valence-electron chi connectivity index (χ2n) is 8.64. The summed E-state index contributed by atoms with van der Waals surface area (Å²) in [5.41, 5.74) is 1.17. The van der Waals surface area contributed by atoms with Crippen molar-refractivity contribution in [3.63, 3.8) is 0 Å². The lowest BCUT2D eigenvalue weighted by Gasteiger charge is -2.21. The summed E-state index contributed by atoms with van der Waals surface area (Å²) >= 11 is 6.31. The molecule has 3 unspecified atom stereocenters. The molecule has 3 atom stereocenters. The molecule has 2 bridgehead atoms. The van der Waals surface area contributed by atoms with Gasteiger partial charge in [-0.25, -0.2) is 8.42 Å². The summed E-state index contributed by atoms with van der Waals surface area (Å²) in [5.74, 6) is 1.50. The van der Waals surface area contributed by atoms with Gasteiger partial charge in [0, 0.05) is 23.9 Å². The van der Waals surface area contributed by atoms with Crippen molar-refractivity contribution in [3.05, 3.63) is 53.1 Å². The average molecular weight is 461 g/mol. The molecule has 8 heteroatoms. The number of hydrogen-bond acceptors (Lipinski definition) is 4. The van der Waals surface area contributed by atoms with Gasteiger partial charge in [-0.3, -0.25) is 9.59 Å². The fourth-order valence-corrected chi connectivity index (χ4v) is 5.73. The predicted octanol–water partition coefficient (Wildman–Crippen LogP) is 4.76. The maximum absolute atomic E-state index is 12.5. The molecule has 0 aliphatic heterocycles. The quantitative estimate of drug-likeness (QED) is 0.649. The minimum atomic E-state index is -3.42. The van der Waals surface area contributed by atoms with Crippen molar-refractivity contribution >= 4 is 44.6 Å². The normalized spacial score (nSPS) is 22.3. The zero-order valence-electron chi connectivity index (χ0n) is 17.2. The van der Waals surface area contributed by atoms with E-state index in [1.54, 1.807) is 18.2 Å². The number of nitrogens with one attached hydrogen (secondary N) is 2. The topological polar surface area (TPSA) is 92.3 Å². The first-order valence-corrected chi connectivity index (χ1v) is 12.7. The van der Waals surface area contributed by atoms with Crippen molar-refractivity contribution in [2.75, 3.05) is 16.9 Å². The fraction of sp³-hybridized carbons (Fsp3) is 0.391. The predicted molar refractivity (Wildman–Crippen MR) is 121 cm³/mol. The van der Waals surface area contributed by atoms with E-state index in [4.69, 9.17) is 11.6 Å². The van der Waals surface area contributed by atoms with E-state index in [0.717, 1.165) is 18.6 Å². The van der Waals surface area contributed by atoms with E-state index in [2.05, 4.69) is 10.6 Å². The van der Waals surface area contributed by atoms with Gasteiger partial charge in [0.15, 0.2) is 9.84 Å². The molecule has 2 aliphatic carbocycles. The van der Waals surface area contributed by atoms with Gasteiger partial charge in [0.05, 0.1) is 15.6 Å². The Labute approximate surface area is 187 Å². The van der Waals surface area contributed by atoms with E-state index in [0.29, 0.717) is 29.6 Å². The monoisotopic (exact) mass is 460 g/mol. The Bertz CT molecular complexity index is 1130. The van der Waals surface area contributed by atoms with Crippen LogP contribution < -0.4 is 10.6 Å². The molecule has 0 aromatic heterocycles. The molecule has 164 valence electrons. The van der Waals surface area contributed by atoms with Crippen molar-refractivity contribution in [3.8, 4) is 0 Å². The lowest BCUT2D eigenvalue weighted by Crippen LogP contribution is -2.20. The van der Waals surface area contributed by atoms with Crippen LogP contribution in [-0.2, 0) is 14.6 Å². The Morgan fingerprint density at radius 1 is 1.06 bits per heavy atom. The van der Waals surface area contributed by atoms with Crippen LogP contribution in [0.25, 0.3) is 0 Å². The van der Waals surface area contributed by atoms with Gasteiger partial charge >= 0.3 is 0 Å². The van der Waals surface area contributed by atoms with Crippen LogP contribution in [0.4, 0.5) is 11.4 Å².